The third-order valence-electron chi connectivity index (χ3n) is 6.42. The highest BCUT2D eigenvalue weighted by Crippen LogP contribution is 2.38. The van der Waals surface area contributed by atoms with Crippen molar-refractivity contribution in [1.82, 2.24) is 14.5 Å². The van der Waals surface area contributed by atoms with E-state index in [0.717, 1.165) is 59.3 Å². The number of hydrogen-bond donors (Lipinski definition) is 0. The molecule has 34 heavy (non-hydrogen) atoms. The van der Waals surface area contributed by atoms with E-state index >= 15 is 0 Å². The van der Waals surface area contributed by atoms with E-state index in [9.17, 15) is 4.79 Å². The number of amides is 1. The van der Waals surface area contributed by atoms with Gasteiger partial charge in [0.1, 0.15) is 0 Å². The summed E-state index contributed by atoms with van der Waals surface area (Å²) in [6.45, 7) is 3.99. The predicted molar refractivity (Wildman–Crippen MR) is 140 cm³/mol. The van der Waals surface area contributed by atoms with E-state index < -0.39 is 0 Å². The summed E-state index contributed by atoms with van der Waals surface area (Å²) in [5, 5.41) is 0.836. The molecule has 1 amide bonds. The molecule has 3 aromatic carbocycles. The van der Waals surface area contributed by atoms with Gasteiger partial charge >= 0.3 is 0 Å². The summed E-state index contributed by atoms with van der Waals surface area (Å²) < 4.78 is 2.20. The number of benzene rings is 3. The molecule has 4 aromatic rings. The highest BCUT2D eigenvalue weighted by molar-refractivity contribution is 7.99. The van der Waals surface area contributed by atoms with Gasteiger partial charge in [-0.25, -0.2) is 4.98 Å². The smallest absolute Gasteiger partial charge is 0.233 e. The van der Waals surface area contributed by atoms with E-state index in [0.29, 0.717) is 11.7 Å². The fraction of sp³-hybridized carbons (Fsp3) is 0.241. The summed E-state index contributed by atoms with van der Waals surface area (Å²) in [4.78, 5) is 20.2. The van der Waals surface area contributed by atoms with Crippen molar-refractivity contribution in [2.45, 2.75) is 24.9 Å². The second-order valence-electron chi connectivity index (χ2n) is 8.85. The largest absolute Gasteiger partial charge is 0.342 e. The number of imidazole rings is 1. The summed E-state index contributed by atoms with van der Waals surface area (Å²) in [6.07, 6.45) is 2.18. The van der Waals surface area contributed by atoms with E-state index in [4.69, 9.17) is 4.98 Å². The number of hydrogen-bond acceptors (Lipinski definition) is 3. The molecule has 0 radical (unpaired) electrons. The number of rotatable bonds is 6. The highest BCUT2D eigenvalue weighted by Gasteiger charge is 2.24. The Balaban J connectivity index is 1.57. The van der Waals surface area contributed by atoms with Gasteiger partial charge in [-0.2, -0.15) is 0 Å². The van der Waals surface area contributed by atoms with Gasteiger partial charge in [0, 0.05) is 29.9 Å². The Morgan fingerprint density at radius 3 is 2.03 bits per heavy atom. The molecule has 4 nitrogen and oxygen atoms in total. The number of likely N-dealkylation sites (tertiary alicyclic amines) is 1. The topological polar surface area (TPSA) is 38.1 Å². The summed E-state index contributed by atoms with van der Waals surface area (Å²) in [7, 11) is 0. The summed E-state index contributed by atoms with van der Waals surface area (Å²) in [6, 6.07) is 31.0. The van der Waals surface area contributed by atoms with Gasteiger partial charge in [0.15, 0.2) is 5.16 Å². The second kappa shape index (κ2) is 10.3. The van der Waals surface area contributed by atoms with Crippen molar-refractivity contribution in [3.63, 3.8) is 0 Å². The highest BCUT2D eigenvalue weighted by atomic mass is 32.2. The fourth-order valence-corrected chi connectivity index (χ4v) is 5.37. The first-order valence-electron chi connectivity index (χ1n) is 11.9. The molecule has 1 aliphatic rings. The molecule has 0 atom stereocenters. The Labute approximate surface area is 205 Å². The van der Waals surface area contributed by atoms with E-state index in [1.165, 1.54) is 11.8 Å². The average Bonchev–Trinajstić information content (AvgIpc) is 3.29. The Kier molecular flexibility index (Phi) is 6.82. The standard InChI is InChI=1S/C29H29N3OS/c1-22-17-19-31(20-18-22)26(33)21-34-29-30-27(23-11-5-2-6-12-23)28(24-13-7-3-8-14-24)32(29)25-15-9-4-10-16-25/h2-16,22H,17-21H2,1H3. The molecule has 0 unspecified atom stereocenters. The average molecular weight is 468 g/mol. The van der Waals surface area contributed by atoms with Gasteiger partial charge in [0.05, 0.1) is 17.1 Å². The number of carbonyl (C=O) groups excluding carboxylic acids is 1. The predicted octanol–water partition coefficient (Wildman–Crippen LogP) is 6.56. The molecule has 0 bridgehead atoms. The molecule has 0 N–H and O–H groups in total. The van der Waals surface area contributed by atoms with Crippen LogP contribution in [-0.4, -0.2) is 39.2 Å². The number of aromatic nitrogens is 2. The molecule has 1 aliphatic heterocycles. The SMILES string of the molecule is CC1CCN(C(=O)CSc2nc(-c3ccccc3)c(-c3ccccc3)n2-c2ccccc2)CC1. The maximum absolute atomic E-state index is 13.0. The summed E-state index contributed by atoms with van der Waals surface area (Å²) in [5.74, 6) is 1.29. The van der Waals surface area contributed by atoms with Gasteiger partial charge in [-0.1, -0.05) is 97.5 Å². The molecule has 5 heteroatoms. The second-order valence-corrected chi connectivity index (χ2v) is 9.79. The fourth-order valence-electron chi connectivity index (χ4n) is 4.45. The molecule has 0 spiro atoms. The first-order valence-corrected chi connectivity index (χ1v) is 12.9. The number of piperidine rings is 1. The summed E-state index contributed by atoms with van der Waals surface area (Å²) >= 11 is 1.53. The van der Waals surface area contributed by atoms with E-state index in [1.807, 2.05) is 47.4 Å². The van der Waals surface area contributed by atoms with Crippen molar-refractivity contribution in [3.05, 3.63) is 91.0 Å². The van der Waals surface area contributed by atoms with Crippen LogP contribution in [0.2, 0.25) is 0 Å². The maximum atomic E-state index is 13.0. The quantitative estimate of drug-likeness (QED) is 0.302. The molecular formula is C29H29N3OS. The molecule has 2 heterocycles. The molecule has 5 rings (SSSR count). The van der Waals surface area contributed by atoms with E-state index in [2.05, 4.69) is 60.0 Å². The van der Waals surface area contributed by atoms with Crippen molar-refractivity contribution in [2.75, 3.05) is 18.8 Å². The van der Waals surface area contributed by atoms with Crippen LogP contribution in [0.5, 0.6) is 0 Å². The van der Waals surface area contributed by atoms with Crippen LogP contribution in [0.15, 0.2) is 96.2 Å². The first kappa shape index (κ1) is 22.5. The summed E-state index contributed by atoms with van der Waals surface area (Å²) in [5.41, 5.74) is 5.17. The third kappa shape index (κ3) is 4.80. The van der Waals surface area contributed by atoms with Gasteiger partial charge in [0.25, 0.3) is 0 Å². The van der Waals surface area contributed by atoms with Crippen LogP contribution >= 0.6 is 11.8 Å². The van der Waals surface area contributed by atoms with Crippen LogP contribution in [0.3, 0.4) is 0 Å². The lowest BCUT2D eigenvalue weighted by Crippen LogP contribution is -2.38. The molecule has 172 valence electrons. The van der Waals surface area contributed by atoms with Crippen molar-refractivity contribution in [1.29, 1.82) is 0 Å². The lowest BCUT2D eigenvalue weighted by molar-refractivity contribution is -0.129. The van der Waals surface area contributed by atoms with Gasteiger partial charge in [-0.05, 0) is 30.9 Å². The lowest BCUT2D eigenvalue weighted by atomic mass is 9.99. The zero-order valence-corrected chi connectivity index (χ0v) is 20.2. The Bertz CT molecular complexity index is 1230. The van der Waals surface area contributed by atoms with Gasteiger partial charge < -0.3 is 4.90 Å². The lowest BCUT2D eigenvalue weighted by Gasteiger charge is -2.30. The van der Waals surface area contributed by atoms with Crippen LogP contribution in [0, 0.1) is 5.92 Å². The molecule has 1 saturated heterocycles. The van der Waals surface area contributed by atoms with Crippen molar-refractivity contribution >= 4 is 17.7 Å². The minimum absolute atomic E-state index is 0.196. The van der Waals surface area contributed by atoms with Crippen molar-refractivity contribution in [2.24, 2.45) is 5.92 Å². The van der Waals surface area contributed by atoms with Crippen LogP contribution in [0.4, 0.5) is 0 Å². The van der Waals surface area contributed by atoms with Crippen LogP contribution < -0.4 is 0 Å². The first-order chi connectivity index (χ1) is 16.7. The normalized spacial score (nSPS) is 14.3. The maximum Gasteiger partial charge on any atom is 0.233 e. The molecule has 1 aromatic heterocycles. The minimum Gasteiger partial charge on any atom is -0.342 e. The van der Waals surface area contributed by atoms with Crippen LogP contribution in [-0.2, 0) is 4.79 Å². The van der Waals surface area contributed by atoms with E-state index in [-0.39, 0.29) is 5.91 Å². The third-order valence-corrected chi connectivity index (χ3v) is 7.34. The van der Waals surface area contributed by atoms with Gasteiger partial charge in [-0.15, -0.1) is 0 Å². The number of para-hydroxylation sites is 1. The van der Waals surface area contributed by atoms with Crippen LogP contribution in [0.25, 0.3) is 28.2 Å². The number of carbonyl (C=O) groups is 1. The van der Waals surface area contributed by atoms with E-state index in [1.54, 1.807) is 0 Å². The van der Waals surface area contributed by atoms with Gasteiger partial charge in [0.2, 0.25) is 5.91 Å². The zero-order chi connectivity index (χ0) is 23.3. The van der Waals surface area contributed by atoms with Crippen molar-refractivity contribution in [3.8, 4) is 28.2 Å². The molecular weight excluding hydrogens is 438 g/mol. The Morgan fingerprint density at radius 2 is 1.41 bits per heavy atom. The molecule has 0 saturated carbocycles. The van der Waals surface area contributed by atoms with Gasteiger partial charge in [-0.3, -0.25) is 9.36 Å². The number of nitrogens with zero attached hydrogens (tertiary/aromatic N) is 3. The zero-order valence-electron chi connectivity index (χ0n) is 19.4. The van der Waals surface area contributed by atoms with Crippen LogP contribution in [0.1, 0.15) is 19.8 Å². The molecule has 0 aliphatic carbocycles. The number of thioether (sulfide) groups is 1. The Morgan fingerprint density at radius 1 is 0.853 bits per heavy atom. The van der Waals surface area contributed by atoms with Crippen molar-refractivity contribution < 1.29 is 4.79 Å². The molecule has 1 fully saturated rings. The monoisotopic (exact) mass is 467 g/mol. The Hall–Kier alpha value is -3.31. The minimum atomic E-state index is 0.196.